The molecule has 3 nitrogen and oxygen atoms in total. The van der Waals surface area contributed by atoms with E-state index in [4.69, 9.17) is 5.53 Å². The molecular formula is C6H8F3N3. The molecule has 6 heteroatoms. The third-order valence-corrected chi connectivity index (χ3v) is 2.22. The van der Waals surface area contributed by atoms with Gasteiger partial charge in [0.15, 0.2) is 0 Å². The van der Waals surface area contributed by atoms with Gasteiger partial charge in [-0.05, 0) is 24.3 Å². The first-order valence-electron chi connectivity index (χ1n) is 3.63. The molecule has 1 rings (SSSR count). The molecule has 1 aliphatic rings. The van der Waals surface area contributed by atoms with Crippen LogP contribution >= 0.6 is 0 Å². The Labute approximate surface area is 67.2 Å². The molecule has 12 heavy (non-hydrogen) atoms. The first-order chi connectivity index (χ1) is 5.55. The molecule has 0 bridgehead atoms. The van der Waals surface area contributed by atoms with Crippen LogP contribution in [0.2, 0.25) is 0 Å². The van der Waals surface area contributed by atoms with Crippen molar-refractivity contribution in [3.05, 3.63) is 10.4 Å². The van der Waals surface area contributed by atoms with E-state index in [0.717, 1.165) is 0 Å². The van der Waals surface area contributed by atoms with Crippen molar-refractivity contribution < 1.29 is 13.2 Å². The number of hydrogen-bond donors (Lipinski definition) is 0. The summed E-state index contributed by atoms with van der Waals surface area (Å²) in [6.07, 6.45) is -3.42. The molecule has 0 amide bonds. The van der Waals surface area contributed by atoms with Crippen LogP contribution in [0.3, 0.4) is 0 Å². The summed E-state index contributed by atoms with van der Waals surface area (Å²) in [6, 6.07) is 0. The average molecular weight is 179 g/mol. The molecule has 0 aliphatic heterocycles. The molecule has 0 unspecified atom stereocenters. The minimum atomic E-state index is -4.12. The highest BCUT2D eigenvalue weighted by atomic mass is 19.4. The third kappa shape index (κ3) is 1.82. The first kappa shape index (κ1) is 9.19. The number of alkyl halides is 3. The molecule has 0 N–H and O–H groups in total. The Morgan fingerprint density at radius 3 is 2.42 bits per heavy atom. The second-order valence-corrected chi connectivity index (χ2v) is 2.90. The summed E-state index contributed by atoms with van der Waals surface area (Å²) in [7, 11) is 0. The fraction of sp³-hybridized carbons (Fsp3) is 1.00. The van der Waals surface area contributed by atoms with E-state index >= 15 is 0 Å². The predicted molar refractivity (Wildman–Crippen MR) is 36.3 cm³/mol. The summed E-state index contributed by atoms with van der Waals surface area (Å²) in [5, 5.41) is 3.14. The van der Waals surface area contributed by atoms with E-state index in [2.05, 4.69) is 10.0 Å². The Bertz CT molecular complexity index is 207. The number of azide groups is 1. The lowest BCUT2D eigenvalue weighted by Crippen LogP contribution is -2.39. The van der Waals surface area contributed by atoms with E-state index in [9.17, 15) is 13.2 Å². The molecule has 0 aromatic rings. The molecule has 68 valence electrons. The molecule has 0 heterocycles. The SMILES string of the molecule is [N-]=[N+]=NC[C@@H]1CC[C@H]1C(F)(F)F. The highest BCUT2D eigenvalue weighted by Crippen LogP contribution is 2.45. The summed E-state index contributed by atoms with van der Waals surface area (Å²) >= 11 is 0. The van der Waals surface area contributed by atoms with Gasteiger partial charge in [-0.1, -0.05) is 5.11 Å². The Morgan fingerprint density at radius 1 is 1.42 bits per heavy atom. The number of nitrogens with zero attached hydrogens (tertiary/aromatic N) is 3. The van der Waals surface area contributed by atoms with E-state index < -0.39 is 18.0 Å². The van der Waals surface area contributed by atoms with Crippen molar-refractivity contribution in [3.8, 4) is 0 Å². The summed E-state index contributed by atoms with van der Waals surface area (Å²) in [5.74, 6) is -1.73. The van der Waals surface area contributed by atoms with Gasteiger partial charge in [0.05, 0.1) is 5.92 Å². The molecule has 0 radical (unpaired) electrons. The maximum absolute atomic E-state index is 12.0. The van der Waals surface area contributed by atoms with Gasteiger partial charge in [-0.2, -0.15) is 13.2 Å². The van der Waals surface area contributed by atoms with Crippen LogP contribution in [0.1, 0.15) is 12.8 Å². The summed E-state index contributed by atoms with van der Waals surface area (Å²) in [6.45, 7) is -0.0271. The lowest BCUT2D eigenvalue weighted by atomic mass is 9.73. The minimum absolute atomic E-state index is 0.0271. The Kier molecular flexibility index (Phi) is 2.47. The molecule has 0 spiro atoms. The minimum Gasteiger partial charge on any atom is -0.171 e. The van der Waals surface area contributed by atoms with E-state index in [0.29, 0.717) is 6.42 Å². The van der Waals surface area contributed by atoms with Crippen LogP contribution in [0, 0.1) is 11.8 Å². The summed E-state index contributed by atoms with van der Waals surface area (Å²) in [5.41, 5.74) is 7.90. The van der Waals surface area contributed by atoms with Crippen LogP contribution in [-0.2, 0) is 0 Å². The highest BCUT2D eigenvalue weighted by Gasteiger charge is 2.49. The monoisotopic (exact) mass is 179 g/mol. The van der Waals surface area contributed by atoms with Crippen LogP contribution in [0.25, 0.3) is 10.4 Å². The van der Waals surface area contributed by atoms with Gasteiger partial charge in [0.2, 0.25) is 0 Å². The van der Waals surface area contributed by atoms with Crippen molar-refractivity contribution >= 4 is 0 Å². The van der Waals surface area contributed by atoms with E-state index in [-0.39, 0.29) is 13.0 Å². The molecule has 0 aromatic heterocycles. The fourth-order valence-corrected chi connectivity index (χ4v) is 1.36. The highest BCUT2D eigenvalue weighted by molar-refractivity contribution is 4.86. The zero-order chi connectivity index (χ0) is 9.19. The normalized spacial score (nSPS) is 28.9. The molecular weight excluding hydrogens is 171 g/mol. The van der Waals surface area contributed by atoms with E-state index in [1.807, 2.05) is 0 Å². The zero-order valence-electron chi connectivity index (χ0n) is 6.25. The molecule has 1 saturated carbocycles. The molecule has 0 aromatic carbocycles. The Hall–Kier alpha value is -0.900. The van der Waals surface area contributed by atoms with Crippen molar-refractivity contribution in [2.45, 2.75) is 19.0 Å². The molecule has 1 fully saturated rings. The second-order valence-electron chi connectivity index (χ2n) is 2.90. The first-order valence-corrected chi connectivity index (χ1v) is 3.63. The topological polar surface area (TPSA) is 48.8 Å². The van der Waals surface area contributed by atoms with Gasteiger partial charge in [-0.3, -0.25) is 0 Å². The lowest BCUT2D eigenvalue weighted by molar-refractivity contribution is -0.211. The van der Waals surface area contributed by atoms with E-state index in [1.54, 1.807) is 0 Å². The average Bonchev–Trinajstić information content (AvgIpc) is 1.82. The van der Waals surface area contributed by atoms with Gasteiger partial charge >= 0.3 is 6.18 Å². The lowest BCUT2D eigenvalue weighted by Gasteiger charge is -2.36. The van der Waals surface area contributed by atoms with E-state index in [1.165, 1.54) is 0 Å². The maximum atomic E-state index is 12.0. The smallest absolute Gasteiger partial charge is 0.171 e. The van der Waals surface area contributed by atoms with Crippen molar-refractivity contribution in [1.29, 1.82) is 0 Å². The summed E-state index contributed by atoms with van der Waals surface area (Å²) < 4.78 is 36.1. The van der Waals surface area contributed by atoms with Crippen LogP contribution in [0.15, 0.2) is 5.11 Å². The third-order valence-electron chi connectivity index (χ3n) is 2.22. The van der Waals surface area contributed by atoms with Crippen LogP contribution in [0.4, 0.5) is 13.2 Å². The van der Waals surface area contributed by atoms with Gasteiger partial charge in [-0.25, -0.2) is 0 Å². The Balaban J connectivity index is 2.44. The number of rotatable bonds is 2. The van der Waals surface area contributed by atoms with Crippen molar-refractivity contribution in [2.75, 3.05) is 6.54 Å². The Morgan fingerprint density at radius 2 is 2.08 bits per heavy atom. The predicted octanol–water partition coefficient (Wildman–Crippen LogP) is 2.89. The maximum Gasteiger partial charge on any atom is 0.392 e. The summed E-state index contributed by atoms with van der Waals surface area (Å²) in [4.78, 5) is 2.43. The molecule has 0 saturated heterocycles. The molecule has 1 aliphatic carbocycles. The number of hydrogen-bond acceptors (Lipinski definition) is 1. The van der Waals surface area contributed by atoms with Crippen molar-refractivity contribution in [1.82, 2.24) is 0 Å². The quantitative estimate of drug-likeness (QED) is 0.355. The van der Waals surface area contributed by atoms with Crippen LogP contribution in [0.5, 0.6) is 0 Å². The van der Waals surface area contributed by atoms with Crippen LogP contribution < -0.4 is 0 Å². The number of halogens is 3. The van der Waals surface area contributed by atoms with Gasteiger partial charge in [-0.15, -0.1) is 0 Å². The standard InChI is InChI=1S/C6H8F3N3/c7-6(8,9)5-2-1-4(5)3-11-12-10/h4-5H,1-3H2/t4-,5+/m0/s1. The van der Waals surface area contributed by atoms with Gasteiger partial charge in [0, 0.05) is 11.5 Å². The van der Waals surface area contributed by atoms with Crippen LogP contribution in [-0.4, -0.2) is 12.7 Å². The second kappa shape index (κ2) is 3.23. The van der Waals surface area contributed by atoms with Crippen molar-refractivity contribution in [3.63, 3.8) is 0 Å². The van der Waals surface area contributed by atoms with Gasteiger partial charge < -0.3 is 0 Å². The fourth-order valence-electron chi connectivity index (χ4n) is 1.36. The zero-order valence-corrected chi connectivity index (χ0v) is 6.25. The molecule has 2 atom stereocenters. The van der Waals surface area contributed by atoms with Crippen molar-refractivity contribution in [2.24, 2.45) is 17.0 Å². The largest absolute Gasteiger partial charge is 0.392 e. The van der Waals surface area contributed by atoms with Gasteiger partial charge in [0.1, 0.15) is 0 Å². The van der Waals surface area contributed by atoms with Gasteiger partial charge in [0.25, 0.3) is 0 Å².